The molecular weight excluding hydrogens is 296 g/mol. The molecule has 1 aromatic carbocycles. The van der Waals surface area contributed by atoms with Gasteiger partial charge in [0.2, 0.25) is 15.9 Å². The van der Waals surface area contributed by atoms with E-state index in [4.69, 9.17) is 10.8 Å². The van der Waals surface area contributed by atoms with Gasteiger partial charge in [-0.25, -0.2) is 8.42 Å². The van der Waals surface area contributed by atoms with E-state index in [0.29, 0.717) is 4.31 Å². The van der Waals surface area contributed by atoms with Crippen LogP contribution in [0.25, 0.3) is 0 Å². The Morgan fingerprint density at radius 3 is 2.48 bits per heavy atom. The molecule has 0 atom stereocenters. The number of hydrogen-bond donors (Lipinski definition) is 2. The van der Waals surface area contributed by atoms with Gasteiger partial charge < -0.3 is 10.8 Å². The van der Waals surface area contributed by atoms with Crippen LogP contribution in [0, 0.1) is 0 Å². The molecule has 0 bridgehead atoms. The van der Waals surface area contributed by atoms with Crippen LogP contribution in [0.5, 0.6) is 0 Å². The third kappa shape index (κ3) is 3.40. The molecule has 8 heteroatoms. The number of nitrogens with zero attached hydrogens (tertiary/aromatic N) is 1. The van der Waals surface area contributed by atoms with Crippen LogP contribution in [0.15, 0.2) is 23.1 Å². The van der Waals surface area contributed by atoms with Gasteiger partial charge in [-0.1, -0.05) is 6.07 Å². The summed E-state index contributed by atoms with van der Waals surface area (Å²) in [7, 11) is -4.06. The Morgan fingerprint density at radius 1 is 1.19 bits per heavy atom. The van der Waals surface area contributed by atoms with Crippen LogP contribution >= 0.6 is 0 Å². The predicted molar refractivity (Wildman–Crippen MR) is 74.1 cm³/mol. The molecule has 1 aromatic rings. The van der Waals surface area contributed by atoms with Crippen molar-refractivity contribution >= 4 is 21.9 Å². The summed E-state index contributed by atoms with van der Waals surface area (Å²) in [5, 5.41) is 8.80. The van der Waals surface area contributed by atoms with Gasteiger partial charge in [-0.05, 0) is 42.5 Å². The number of aryl methyl sites for hydroxylation is 2. The molecule has 7 nitrogen and oxygen atoms in total. The molecular formula is C13H16N2O5S. The van der Waals surface area contributed by atoms with E-state index < -0.39 is 35.0 Å². The fourth-order valence-electron chi connectivity index (χ4n) is 2.41. The smallest absolute Gasteiger partial charge is 0.318 e. The van der Waals surface area contributed by atoms with Crippen LogP contribution in [-0.4, -0.2) is 42.8 Å². The highest BCUT2D eigenvalue weighted by atomic mass is 32.2. The molecule has 0 saturated carbocycles. The summed E-state index contributed by atoms with van der Waals surface area (Å²) in [4.78, 5) is 21.8. The number of benzene rings is 1. The molecule has 2 rings (SSSR count). The first-order valence-corrected chi connectivity index (χ1v) is 7.87. The first-order valence-electron chi connectivity index (χ1n) is 6.43. The minimum Gasteiger partial charge on any atom is -0.480 e. The zero-order valence-corrected chi connectivity index (χ0v) is 12.1. The number of rotatable bonds is 6. The van der Waals surface area contributed by atoms with Crippen LogP contribution in [0.2, 0.25) is 0 Å². The molecule has 1 aliphatic carbocycles. The Bertz CT molecular complexity index is 668. The molecule has 0 heterocycles. The average molecular weight is 312 g/mol. The van der Waals surface area contributed by atoms with Gasteiger partial charge >= 0.3 is 5.97 Å². The van der Waals surface area contributed by atoms with E-state index in [2.05, 4.69) is 0 Å². The number of carboxylic acids is 1. The zero-order chi connectivity index (χ0) is 15.6. The second kappa shape index (κ2) is 5.82. The van der Waals surface area contributed by atoms with Crippen LogP contribution < -0.4 is 5.73 Å². The van der Waals surface area contributed by atoms with Crippen molar-refractivity contribution in [3.8, 4) is 0 Å². The number of amides is 1. The summed E-state index contributed by atoms with van der Waals surface area (Å²) < 4.78 is 25.5. The Balaban J connectivity index is 2.37. The summed E-state index contributed by atoms with van der Waals surface area (Å²) >= 11 is 0. The number of carboxylic acid groups (broad SMARTS) is 1. The molecule has 0 radical (unpaired) electrons. The maximum atomic E-state index is 12.5. The summed E-state index contributed by atoms with van der Waals surface area (Å²) in [6, 6.07) is 4.72. The van der Waals surface area contributed by atoms with Gasteiger partial charge in [-0.15, -0.1) is 0 Å². The van der Waals surface area contributed by atoms with E-state index >= 15 is 0 Å². The molecule has 0 saturated heterocycles. The van der Waals surface area contributed by atoms with Crippen molar-refractivity contribution in [2.75, 3.05) is 13.1 Å². The molecule has 0 fully saturated rings. The third-order valence-electron chi connectivity index (χ3n) is 3.35. The minimum atomic E-state index is -4.06. The minimum absolute atomic E-state index is 0.00866. The number of carbonyl (C=O) groups is 2. The second-order valence-corrected chi connectivity index (χ2v) is 6.86. The fraction of sp³-hybridized carbons (Fsp3) is 0.385. The molecule has 0 spiro atoms. The third-order valence-corrected chi connectivity index (χ3v) is 5.14. The number of sulfonamides is 1. The standard InChI is InChI=1S/C13H16N2O5S/c14-12(16)7-15(8-13(17)18)21(19,20)11-5-4-9-2-1-3-10(9)6-11/h4-6H,1-3,7-8H2,(H2,14,16)(H,17,18). The van der Waals surface area contributed by atoms with Gasteiger partial charge in [0.05, 0.1) is 11.4 Å². The van der Waals surface area contributed by atoms with Crippen molar-refractivity contribution in [2.45, 2.75) is 24.2 Å². The topological polar surface area (TPSA) is 118 Å². The lowest BCUT2D eigenvalue weighted by Crippen LogP contribution is -2.41. The van der Waals surface area contributed by atoms with Crippen LogP contribution in [-0.2, 0) is 32.5 Å². The van der Waals surface area contributed by atoms with Crippen molar-refractivity contribution < 1.29 is 23.1 Å². The Hall–Kier alpha value is -1.93. The van der Waals surface area contributed by atoms with Gasteiger partial charge in [0.15, 0.2) is 0 Å². The first kappa shape index (κ1) is 15.5. The molecule has 1 aliphatic rings. The van der Waals surface area contributed by atoms with E-state index in [1.54, 1.807) is 12.1 Å². The fourth-order valence-corrected chi connectivity index (χ4v) is 3.82. The van der Waals surface area contributed by atoms with E-state index in [0.717, 1.165) is 30.4 Å². The summed E-state index contributed by atoms with van der Waals surface area (Å²) in [5.74, 6) is -2.25. The maximum Gasteiger partial charge on any atom is 0.318 e. The predicted octanol–water partition coefficient (Wildman–Crippen LogP) is -0.264. The maximum absolute atomic E-state index is 12.5. The number of hydrogen-bond acceptors (Lipinski definition) is 4. The number of primary amides is 1. The van der Waals surface area contributed by atoms with Gasteiger partial charge in [-0.2, -0.15) is 4.31 Å². The van der Waals surface area contributed by atoms with Gasteiger partial charge in [0.25, 0.3) is 0 Å². The average Bonchev–Trinajstić information content (AvgIpc) is 2.83. The van der Waals surface area contributed by atoms with Gasteiger partial charge in [0, 0.05) is 0 Å². The Labute approximate surface area is 122 Å². The van der Waals surface area contributed by atoms with E-state index in [9.17, 15) is 18.0 Å². The first-order chi connectivity index (χ1) is 9.80. The molecule has 0 unspecified atom stereocenters. The second-order valence-electron chi connectivity index (χ2n) is 4.92. The van der Waals surface area contributed by atoms with Crippen LogP contribution in [0.1, 0.15) is 17.5 Å². The molecule has 0 aliphatic heterocycles. The Kier molecular flexibility index (Phi) is 4.29. The molecule has 21 heavy (non-hydrogen) atoms. The lowest BCUT2D eigenvalue weighted by Gasteiger charge is -2.19. The number of fused-ring (bicyclic) bond motifs is 1. The molecule has 0 aromatic heterocycles. The lowest BCUT2D eigenvalue weighted by atomic mass is 10.1. The van der Waals surface area contributed by atoms with E-state index in [1.165, 1.54) is 6.07 Å². The lowest BCUT2D eigenvalue weighted by molar-refractivity contribution is -0.137. The number of carbonyl (C=O) groups excluding carboxylic acids is 1. The summed E-state index contributed by atoms with van der Waals surface area (Å²) in [6.07, 6.45) is 2.68. The quantitative estimate of drug-likeness (QED) is 0.750. The number of aliphatic carboxylic acids is 1. The van der Waals surface area contributed by atoms with Gasteiger partial charge in [0.1, 0.15) is 6.54 Å². The SMILES string of the molecule is NC(=O)CN(CC(=O)O)S(=O)(=O)c1ccc2c(c1)CCC2. The zero-order valence-electron chi connectivity index (χ0n) is 11.3. The van der Waals surface area contributed by atoms with E-state index in [1.807, 2.05) is 0 Å². The van der Waals surface area contributed by atoms with Crippen molar-refractivity contribution in [1.82, 2.24) is 4.31 Å². The van der Waals surface area contributed by atoms with Crippen molar-refractivity contribution in [2.24, 2.45) is 5.73 Å². The molecule has 3 N–H and O–H groups in total. The highest BCUT2D eigenvalue weighted by molar-refractivity contribution is 7.89. The molecule has 1 amide bonds. The van der Waals surface area contributed by atoms with Gasteiger partial charge in [-0.3, -0.25) is 9.59 Å². The monoisotopic (exact) mass is 312 g/mol. The summed E-state index contributed by atoms with van der Waals surface area (Å²) in [5.41, 5.74) is 7.05. The highest BCUT2D eigenvalue weighted by Crippen LogP contribution is 2.26. The molecule has 114 valence electrons. The highest BCUT2D eigenvalue weighted by Gasteiger charge is 2.29. The van der Waals surface area contributed by atoms with Crippen molar-refractivity contribution in [3.05, 3.63) is 29.3 Å². The van der Waals surface area contributed by atoms with Crippen LogP contribution in [0.4, 0.5) is 0 Å². The largest absolute Gasteiger partial charge is 0.480 e. The summed E-state index contributed by atoms with van der Waals surface area (Å²) in [6.45, 7) is -1.46. The van der Waals surface area contributed by atoms with E-state index in [-0.39, 0.29) is 4.90 Å². The van der Waals surface area contributed by atoms with Crippen molar-refractivity contribution in [1.29, 1.82) is 0 Å². The van der Waals surface area contributed by atoms with Crippen LogP contribution in [0.3, 0.4) is 0 Å². The Morgan fingerprint density at radius 2 is 1.86 bits per heavy atom. The van der Waals surface area contributed by atoms with Crippen molar-refractivity contribution in [3.63, 3.8) is 0 Å². The number of nitrogens with two attached hydrogens (primary N) is 1. The normalized spacial score (nSPS) is 14.1.